The lowest BCUT2D eigenvalue weighted by Crippen LogP contribution is -2.11. The van der Waals surface area contributed by atoms with Crippen LogP contribution in [0.5, 0.6) is 0 Å². The lowest BCUT2D eigenvalue weighted by atomic mass is 9.96. The summed E-state index contributed by atoms with van der Waals surface area (Å²) in [5.41, 5.74) is 0.503. The Labute approximate surface area is 125 Å². The van der Waals surface area contributed by atoms with E-state index in [2.05, 4.69) is 10.1 Å². The van der Waals surface area contributed by atoms with E-state index in [4.69, 9.17) is 0 Å². The molecule has 0 saturated carbocycles. The number of benzene rings is 1. The highest BCUT2D eigenvalue weighted by atomic mass is 19.4. The number of aromatic nitrogens is 3. The third kappa shape index (κ3) is 2.59. The Hall–Kier alpha value is -2.63. The maximum absolute atomic E-state index is 13.3. The van der Waals surface area contributed by atoms with Crippen LogP contribution in [0.15, 0.2) is 54.9 Å². The van der Waals surface area contributed by atoms with E-state index >= 15 is 0 Å². The van der Waals surface area contributed by atoms with Gasteiger partial charge in [-0.05, 0) is 17.7 Å². The second-order valence-corrected chi connectivity index (χ2v) is 4.82. The van der Waals surface area contributed by atoms with Crippen molar-refractivity contribution in [1.82, 2.24) is 14.8 Å². The van der Waals surface area contributed by atoms with Gasteiger partial charge in [0.1, 0.15) is 0 Å². The topological polar surface area (TPSA) is 30.7 Å². The molecule has 0 aliphatic heterocycles. The summed E-state index contributed by atoms with van der Waals surface area (Å²) in [5.74, 6) is 0. The zero-order chi connectivity index (χ0) is 15.7. The predicted molar refractivity (Wildman–Crippen MR) is 76.9 cm³/mol. The Kier molecular flexibility index (Phi) is 3.44. The number of rotatable bonds is 2. The maximum atomic E-state index is 13.3. The van der Waals surface area contributed by atoms with E-state index < -0.39 is 11.9 Å². The number of aryl methyl sites for hydroxylation is 1. The van der Waals surface area contributed by atoms with E-state index in [1.807, 2.05) is 0 Å². The average molecular weight is 303 g/mol. The Morgan fingerprint density at radius 2 is 1.73 bits per heavy atom. The van der Waals surface area contributed by atoms with Gasteiger partial charge in [-0.2, -0.15) is 18.3 Å². The molecule has 1 aromatic carbocycles. The molecule has 22 heavy (non-hydrogen) atoms. The summed E-state index contributed by atoms with van der Waals surface area (Å²) < 4.78 is 41.6. The molecule has 0 unspecified atom stereocenters. The Morgan fingerprint density at radius 1 is 1.00 bits per heavy atom. The van der Waals surface area contributed by atoms with E-state index in [9.17, 15) is 13.2 Å². The highest BCUT2D eigenvalue weighted by Gasteiger charge is 2.37. The number of hydrogen-bond acceptors (Lipinski definition) is 2. The average Bonchev–Trinajstić information content (AvgIpc) is 2.93. The number of alkyl halides is 3. The molecule has 2 heterocycles. The fraction of sp³-hybridized carbons (Fsp3) is 0.125. The Balaban J connectivity index is 2.31. The normalized spacial score (nSPS) is 11.6. The summed E-state index contributed by atoms with van der Waals surface area (Å²) in [6, 6.07) is 11.7. The largest absolute Gasteiger partial charge is 0.433 e. The predicted octanol–water partition coefficient (Wildman–Crippen LogP) is 4.17. The monoisotopic (exact) mass is 303 g/mol. The minimum absolute atomic E-state index is 0.0503. The molecule has 3 aromatic rings. The molecule has 0 fully saturated rings. The minimum atomic E-state index is -4.53. The molecular weight excluding hydrogens is 291 g/mol. The second kappa shape index (κ2) is 5.29. The van der Waals surface area contributed by atoms with Crippen molar-refractivity contribution in [2.24, 2.45) is 7.05 Å². The lowest BCUT2D eigenvalue weighted by Gasteiger charge is -2.15. The smallest absolute Gasteiger partial charge is 0.275 e. The molecule has 3 rings (SSSR count). The van der Waals surface area contributed by atoms with E-state index in [-0.39, 0.29) is 5.56 Å². The summed E-state index contributed by atoms with van der Waals surface area (Å²) in [6.45, 7) is 0. The van der Waals surface area contributed by atoms with Crippen molar-refractivity contribution in [3.63, 3.8) is 0 Å². The first-order chi connectivity index (χ1) is 10.5. The van der Waals surface area contributed by atoms with E-state index in [0.717, 1.165) is 0 Å². The zero-order valence-electron chi connectivity index (χ0n) is 11.7. The van der Waals surface area contributed by atoms with Crippen molar-refractivity contribution in [2.45, 2.75) is 6.18 Å². The van der Waals surface area contributed by atoms with Gasteiger partial charge in [-0.15, -0.1) is 0 Å². The van der Waals surface area contributed by atoms with Crippen molar-refractivity contribution in [1.29, 1.82) is 0 Å². The van der Waals surface area contributed by atoms with Crippen LogP contribution in [0.4, 0.5) is 13.2 Å². The van der Waals surface area contributed by atoms with Gasteiger partial charge in [0.2, 0.25) is 0 Å². The number of pyridine rings is 1. The first-order valence-electron chi connectivity index (χ1n) is 6.58. The molecule has 0 N–H and O–H groups in total. The van der Waals surface area contributed by atoms with Gasteiger partial charge in [0.05, 0.1) is 5.69 Å². The van der Waals surface area contributed by atoms with Gasteiger partial charge in [-0.3, -0.25) is 9.67 Å². The Bertz CT molecular complexity index is 792. The van der Waals surface area contributed by atoms with E-state index in [1.165, 1.54) is 6.20 Å². The third-order valence-electron chi connectivity index (χ3n) is 3.27. The highest BCUT2D eigenvalue weighted by molar-refractivity contribution is 5.83. The van der Waals surface area contributed by atoms with Crippen LogP contribution in [0.3, 0.4) is 0 Å². The second-order valence-electron chi connectivity index (χ2n) is 4.82. The first kappa shape index (κ1) is 14.3. The molecule has 0 aliphatic carbocycles. The summed E-state index contributed by atoms with van der Waals surface area (Å²) in [4.78, 5) is 3.56. The third-order valence-corrected chi connectivity index (χ3v) is 3.27. The maximum Gasteiger partial charge on any atom is 0.433 e. The molecule has 0 amide bonds. The van der Waals surface area contributed by atoms with E-state index in [1.54, 1.807) is 60.4 Å². The summed E-state index contributed by atoms with van der Waals surface area (Å²) in [7, 11) is 1.72. The van der Waals surface area contributed by atoms with Gasteiger partial charge in [0, 0.05) is 30.6 Å². The quantitative estimate of drug-likeness (QED) is 0.711. The van der Waals surface area contributed by atoms with Gasteiger partial charge in [-0.1, -0.05) is 30.3 Å². The van der Waals surface area contributed by atoms with Crippen LogP contribution in [0.2, 0.25) is 0 Å². The summed E-state index contributed by atoms with van der Waals surface area (Å²) >= 11 is 0. The molecular formula is C16H12F3N3. The highest BCUT2D eigenvalue weighted by Crippen LogP contribution is 2.40. The van der Waals surface area contributed by atoms with Crippen LogP contribution in [0.1, 0.15) is 5.69 Å². The minimum Gasteiger partial charge on any atom is -0.275 e. The summed E-state index contributed by atoms with van der Waals surface area (Å²) in [5, 5.41) is 4.21. The molecule has 112 valence electrons. The van der Waals surface area contributed by atoms with Crippen molar-refractivity contribution in [3.05, 3.63) is 60.6 Å². The fourth-order valence-electron chi connectivity index (χ4n) is 2.35. The zero-order valence-corrected chi connectivity index (χ0v) is 11.7. The Morgan fingerprint density at radius 3 is 2.32 bits per heavy atom. The van der Waals surface area contributed by atoms with Gasteiger partial charge in [0.25, 0.3) is 0 Å². The first-order valence-corrected chi connectivity index (χ1v) is 6.58. The number of nitrogens with zero attached hydrogens (tertiary/aromatic N) is 3. The van der Waals surface area contributed by atoms with Gasteiger partial charge in [0.15, 0.2) is 5.69 Å². The van der Waals surface area contributed by atoms with Crippen LogP contribution >= 0.6 is 0 Å². The molecule has 0 atom stereocenters. The van der Waals surface area contributed by atoms with Gasteiger partial charge in [-0.25, -0.2) is 0 Å². The molecule has 0 aliphatic rings. The van der Waals surface area contributed by atoms with Crippen LogP contribution in [-0.2, 0) is 13.2 Å². The van der Waals surface area contributed by atoms with Gasteiger partial charge < -0.3 is 0 Å². The standard InChI is InChI=1S/C16H12F3N3/c1-22-10-8-13(21-22)12-7-9-20-15(16(17,18)19)14(12)11-5-3-2-4-6-11/h2-10H,1H3. The molecule has 3 nitrogen and oxygen atoms in total. The van der Waals surface area contributed by atoms with Crippen molar-refractivity contribution in [3.8, 4) is 22.4 Å². The molecule has 0 radical (unpaired) electrons. The lowest BCUT2D eigenvalue weighted by molar-refractivity contribution is -0.140. The van der Waals surface area contributed by atoms with E-state index in [0.29, 0.717) is 16.8 Å². The van der Waals surface area contributed by atoms with Gasteiger partial charge >= 0.3 is 6.18 Å². The van der Waals surface area contributed by atoms with Crippen LogP contribution in [0, 0.1) is 0 Å². The fourth-order valence-corrected chi connectivity index (χ4v) is 2.35. The SMILES string of the molecule is Cn1ccc(-c2ccnc(C(F)(F)F)c2-c2ccccc2)n1. The number of halogens is 3. The van der Waals surface area contributed by atoms with Crippen molar-refractivity contribution < 1.29 is 13.2 Å². The molecule has 0 spiro atoms. The summed E-state index contributed by atoms with van der Waals surface area (Å²) in [6.07, 6.45) is -1.67. The van der Waals surface area contributed by atoms with Crippen LogP contribution in [-0.4, -0.2) is 14.8 Å². The van der Waals surface area contributed by atoms with Crippen molar-refractivity contribution in [2.75, 3.05) is 0 Å². The number of hydrogen-bond donors (Lipinski definition) is 0. The molecule has 2 aromatic heterocycles. The van der Waals surface area contributed by atoms with Crippen LogP contribution in [0.25, 0.3) is 22.4 Å². The molecule has 0 bridgehead atoms. The molecule has 6 heteroatoms. The van der Waals surface area contributed by atoms with Crippen molar-refractivity contribution >= 4 is 0 Å². The molecule has 0 saturated heterocycles. The van der Waals surface area contributed by atoms with Crippen LogP contribution < -0.4 is 0 Å².